The lowest BCUT2D eigenvalue weighted by molar-refractivity contribution is 0.101. The topological polar surface area (TPSA) is 106 Å². The van der Waals surface area contributed by atoms with Gasteiger partial charge in [0.05, 0.1) is 11.3 Å². The highest BCUT2D eigenvalue weighted by molar-refractivity contribution is 7.99. The number of benzene rings is 2. The Labute approximate surface area is 160 Å². The molecule has 0 fully saturated rings. The van der Waals surface area contributed by atoms with Crippen LogP contribution < -0.4 is 4.74 Å². The van der Waals surface area contributed by atoms with Crippen LogP contribution in [-0.2, 0) is 6.61 Å². The molecule has 0 saturated heterocycles. The van der Waals surface area contributed by atoms with Gasteiger partial charge in [-0.25, -0.2) is 0 Å². The first kappa shape index (κ1) is 18.8. The molecule has 2 N–H and O–H groups in total. The van der Waals surface area contributed by atoms with Crippen LogP contribution in [-0.4, -0.2) is 31.9 Å². The molecule has 7 nitrogen and oxygen atoms in total. The number of ether oxygens (including phenoxy) is 1. The SMILES string of the molecule is Cc1ccc(C)c(OCc2nnc(SCC(=O)c3ccc(O)cc3O)o2)c1. The summed E-state index contributed by atoms with van der Waals surface area (Å²) in [6.07, 6.45) is 0. The third-order valence-electron chi connectivity index (χ3n) is 3.75. The number of thioether (sulfide) groups is 1. The molecule has 0 aliphatic rings. The van der Waals surface area contributed by atoms with Crippen molar-refractivity contribution in [2.45, 2.75) is 25.7 Å². The van der Waals surface area contributed by atoms with Crippen molar-refractivity contribution in [3.05, 3.63) is 59.0 Å². The molecule has 0 aliphatic carbocycles. The van der Waals surface area contributed by atoms with Crippen LogP contribution in [0.4, 0.5) is 0 Å². The van der Waals surface area contributed by atoms with Crippen molar-refractivity contribution in [3.8, 4) is 17.2 Å². The molecule has 0 aliphatic heterocycles. The van der Waals surface area contributed by atoms with E-state index < -0.39 is 0 Å². The fourth-order valence-corrected chi connectivity index (χ4v) is 2.98. The number of aryl methyl sites for hydroxylation is 2. The van der Waals surface area contributed by atoms with Gasteiger partial charge in [-0.2, -0.15) is 0 Å². The van der Waals surface area contributed by atoms with Crippen molar-refractivity contribution in [3.63, 3.8) is 0 Å². The van der Waals surface area contributed by atoms with Gasteiger partial charge in [0.1, 0.15) is 17.2 Å². The molecular weight excluding hydrogens is 368 g/mol. The van der Waals surface area contributed by atoms with Gasteiger partial charge in [0.2, 0.25) is 0 Å². The van der Waals surface area contributed by atoms with E-state index in [9.17, 15) is 15.0 Å². The molecule has 3 aromatic rings. The van der Waals surface area contributed by atoms with E-state index in [1.807, 2.05) is 32.0 Å². The van der Waals surface area contributed by atoms with Gasteiger partial charge < -0.3 is 19.4 Å². The molecule has 8 heteroatoms. The third kappa shape index (κ3) is 4.79. The zero-order valence-corrected chi connectivity index (χ0v) is 15.6. The zero-order chi connectivity index (χ0) is 19.4. The summed E-state index contributed by atoms with van der Waals surface area (Å²) in [6.45, 7) is 4.06. The number of phenols is 2. The fraction of sp³-hybridized carbons (Fsp3) is 0.211. The first-order valence-corrected chi connectivity index (χ1v) is 9.11. The quantitative estimate of drug-likeness (QED) is 0.468. The Morgan fingerprint density at radius 3 is 2.74 bits per heavy atom. The average molecular weight is 386 g/mol. The number of aromatic nitrogens is 2. The maximum absolute atomic E-state index is 12.2. The molecular formula is C19H18N2O5S. The Morgan fingerprint density at radius 2 is 1.96 bits per heavy atom. The summed E-state index contributed by atoms with van der Waals surface area (Å²) < 4.78 is 11.2. The summed E-state index contributed by atoms with van der Waals surface area (Å²) in [4.78, 5) is 12.2. The standard InChI is InChI=1S/C19H18N2O5S/c1-11-3-4-12(2)17(7-11)25-9-18-20-21-19(26-18)27-10-16(24)14-6-5-13(22)8-15(14)23/h3-8,22-23H,9-10H2,1-2H3. The highest BCUT2D eigenvalue weighted by Crippen LogP contribution is 2.26. The normalized spacial score (nSPS) is 10.7. The van der Waals surface area contributed by atoms with E-state index in [1.165, 1.54) is 12.1 Å². The number of aromatic hydroxyl groups is 2. The van der Waals surface area contributed by atoms with E-state index in [0.29, 0.717) is 5.89 Å². The number of carbonyl (C=O) groups excluding carboxylic acids is 1. The monoisotopic (exact) mass is 386 g/mol. The minimum absolute atomic E-state index is 0.0117. The smallest absolute Gasteiger partial charge is 0.277 e. The van der Waals surface area contributed by atoms with Crippen LogP contribution in [0.2, 0.25) is 0 Å². The summed E-state index contributed by atoms with van der Waals surface area (Å²) in [7, 11) is 0. The molecule has 27 heavy (non-hydrogen) atoms. The largest absolute Gasteiger partial charge is 0.508 e. The number of hydrogen-bond acceptors (Lipinski definition) is 8. The van der Waals surface area contributed by atoms with Crippen LogP contribution in [0.3, 0.4) is 0 Å². The van der Waals surface area contributed by atoms with Gasteiger partial charge in [-0.15, -0.1) is 10.2 Å². The van der Waals surface area contributed by atoms with Gasteiger partial charge in [-0.3, -0.25) is 4.79 Å². The van der Waals surface area contributed by atoms with E-state index in [2.05, 4.69) is 10.2 Å². The molecule has 0 spiro atoms. The van der Waals surface area contributed by atoms with Gasteiger partial charge in [-0.05, 0) is 43.2 Å². The first-order chi connectivity index (χ1) is 12.9. The van der Waals surface area contributed by atoms with Crippen LogP contribution in [0, 0.1) is 13.8 Å². The molecule has 0 saturated carbocycles. The molecule has 0 radical (unpaired) electrons. The third-order valence-corrected chi connectivity index (χ3v) is 4.57. The van der Waals surface area contributed by atoms with E-state index in [-0.39, 0.29) is 40.4 Å². The summed E-state index contributed by atoms with van der Waals surface area (Å²) >= 11 is 1.07. The Hall–Kier alpha value is -3.00. The second kappa shape index (κ2) is 8.13. The Balaban J connectivity index is 1.56. The van der Waals surface area contributed by atoms with Crippen LogP contribution in [0.15, 0.2) is 46.0 Å². The van der Waals surface area contributed by atoms with Crippen molar-refractivity contribution in [1.29, 1.82) is 0 Å². The summed E-state index contributed by atoms with van der Waals surface area (Å²) in [5.41, 5.74) is 2.22. The summed E-state index contributed by atoms with van der Waals surface area (Å²) in [5, 5.41) is 27.0. The van der Waals surface area contributed by atoms with Crippen LogP contribution >= 0.6 is 11.8 Å². The highest BCUT2D eigenvalue weighted by Gasteiger charge is 2.15. The zero-order valence-electron chi connectivity index (χ0n) is 14.8. The number of Topliss-reactive ketones (excluding diaryl/α,β-unsaturated/α-hetero) is 1. The molecule has 1 heterocycles. The maximum Gasteiger partial charge on any atom is 0.277 e. The van der Waals surface area contributed by atoms with Gasteiger partial charge in [0.15, 0.2) is 12.4 Å². The predicted octanol–water partition coefficient (Wildman–Crippen LogP) is 3.65. The van der Waals surface area contributed by atoms with E-state index in [0.717, 1.165) is 34.7 Å². The molecule has 1 aromatic heterocycles. The van der Waals surface area contributed by atoms with Crippen molar-refractivity contribution in [1.82, 2.24) is 10.2 Å². The second-order valence-corrected chi connectivity index (χ2v) is 6.86. The molecule has 140 valence electrons. The summed E-state index contributed by atoms with van der Waals surface area (Å²) in [5.74, 6) is 0.371. The number of ketones is 1. The number of rotatable bonds is 7. The minimum Gasteiger partial charge on any atom is -0.508 e. The van der Waals surface area contributed by atoms with Crippen molar-refractivity contribution in [2.75, 3.05) is 5.75 Å². The van der Waals surface area contributed by atoms with Crippen molar-refractivity contribution in [2.24, 2.45) is 0 Å². The summed E-state index contributed by atoms with van der Waals surface area (Å²) in [6, 6.07) is 9.74. The number of phenolic OH excluding ortho intramolecular Hbond substituents is 2. The fourth-order valence-electron chi connectivity index (χ4n) is 2.32. The molecule has 0 unspecified atom stereocenters. The molecule has 3 rings (SSSR count). The molecule has 2 aromatic carbocycles. The van der Waals surface area contributed by atoms with Crippen LogP contribution in [0.5, 0.6) is 17.2 Å². The Bertz CT molecular complexity index is 970. The van der Waals surface area contributed by atoms with Gasteiger partial charge >= 0.3 is 0 Å². The Kier molecular flexibility index (Phi) is 5.66. The van der Waals surface area contributed by atoms with Gasteiger partial charge in [0.25, 0.3) is 11.1 Å². The lowest BCUT2D eigenvalue weighted by Crippen LogP contribution is -2.02. The van der Waals surface area contributed by atoms with E-state index >= 15 is 0 Å². The minimum atomic E-state index is -0.316. The van der Waals surface area contributed by atoms with Gasteiger partial charge in [0, 0.05) is 6.07 Å². The lowest BCUT2D eigenvalue weighted by Gasteiger charge is -2.07. The number of carbonyl (C=O) groups is 1. The number of hydrogen-bond donors (Lipinski definition) is 2. The molecule has 0 atom stereocenters. The van der Waals surface area contributed by atoms with Crippen LogP contribution in [0.25, 0.3) is 0 Å². The van der Waals surface area contributed by atoms with Crippen molar-refractivity contribution < 1.29 is 24.2 Å². The van der Waals surface area contributed by atoms with Crippen molar-refractivity contribution >= 4 is 17.5 Å². The van der Waals surface area contributed by atoms with Gasteiger partial charge in [-0.1, -0.05) is 23.9 Å². The first-order valence-electron chi connectivity index (χ1n) is 8.13. The van der Waals surface area contributed by atoms with E-state index in [4.69, 9.17) is 9.15 Å². The Morgan fingerprint density at radius 1 is 1.15 bits per heavy atom. The maximum atomic E-state index is 12.2. The molecule has 0 amide bonds. The van der Waals surface area contributed by atoms with E-state index in [1.54, 1.807) is 0 Å². The lowest BCUT2D eigenvalue weighted by atomic mass is 10.1. The highest BCUT2D eigenvalue weighted by atomic mass is 32.2. The second-order valence-electron chi connectivity index (χ2n) is 5.93. The number of nitrogens with zero attached hydrogens (tertiary/aromatic N) is 2. The predicted molar refractivity (Wildman–Crippen MR) is 99.4 cm³/mol. The van der Waals surface area contributed by atoms with Crippen LogP contribution in [0.1, 0.15) is 27.4 Å². The average Bonchev–Trinajstić information content (AvgIpc) is 3.08. The molecule has 0 bridgehead atoms.